The minimum Gasteiger partial charge on any atom is -0.311 e. The largest absolute Gasteiger partial charge is 0.311 e. The number of halogens is 1. The minimum absolute atomic E-state index is 0.0758. The zero-order valence-corrected chi connectivity index (χ0v) is 17.1. The molecule has 0 bridgehead atoms. The number of hydrogen-bond acceptors (Lipinski definition) is 5. The number of likely N-dealkylation sites (N-methyl/N-ethyl adjacent to an activating group) is 1. The van der Waals surface area contributed by atoms with Crippen molar-refractivity contribution in [1.29, 1.82) is 0 Å². The molecule has 3 aliphatic rings. The second-order valence-electron chi connectivity index (χ2n) is 8.12. The van der Waals surface area contributed by atoms with Crippen LogP contribution in [-0.2, 0) is 19.8 Å². The van der Waals surface area contributed by atoms with E-state index in [9.17, 15) is 28.4 Å². The normalized spacial score (nSPS) is 21.9. The first-order valence-corrected chi connectivity index (χ1v) is 10.2. The topological polar surface area (TPSA) is 95.1 Å². The van der Waals surface area contributed by atoms with E-state index in [0.29, 0.717) is 16.8 Å². The highest BCUT2D eigenvalue weighted by Gasteiger charge is 2.63. The van der Waals surface area contributed by atoms with Gasteiger partial charge in [0.15, 0.2) is 5.41 Å². The molecule has 1 atom stereocenters. The predicted octanol–water partition coefficient (Wildman–Crippen LogP) is 1.49. The van der Waals surface area contributed by atoms with E-state index >= 15 is 0 Å². The molecule has 8 nitrogen and oxygen atoms in total. The molecule has 162 valence electrons. The standard InChI is InChI=1S/C23H18FN3O5/c1-25-18(28)12-23(21(25)31)16-11-13(24)7-8-17(16)26(22(23)32)9-4-10-27-19(29)14-5-2-3-6-15(14)20(27)30/h2-3,5-8,11H,4,9-10,12H2,1H3. The monoisotopic (exact) mass is 435 g/mol. The summed E-state index contributed by atoms with van der Waals surface area (Å²) in [6.45, 7) is 0.171. The molecule has 3 heterocycles. The molecule has 0 N–H and O–H groups in total. The van der Waals surface area contributed by atoms with Gasteiger partial charge in [0, 0.05) is 31.4 Å². The highest BCUT2D eigenvalue weighted by Crippen LogP contribution is 2.48. The molecule has 1 saturated heterocycles. The lowest BCUT2D eigenvalue weighted by molar-refractivity contribution is -0.140. The van der Waals surface area contributed by atoms with E-state index in [0.717, 1.165) is 15.9 Å². The van der Waals surface area contributed by atoms with Gasteiger partial charge in [-0.25, -0.2) is 4.39 Å². The number of benzene rings is 2. The fraction of sp³-hybridized carbons (Fsp3) is 0.261. The van der Waals surface area contributed by atoms with Crippen molar-refractivity contribution < 1.29 is 28.4 Å². The molecular formula is C23H18FN3O5. The third-order valence-electron chi connectivity index (χ3n) is 6.42. The number of nitrogens with zero attached hydrogens (tertiary/aromatic N) is 3. The summed E-state index contributed by atoms with van der Waals surface area (Å²) in [5.74, 6) is -3.18. The van der Waals surface area contributed by atoms with Crippen LogP contribution in [0.5, 0.6) is 0 Å². The van der Waals surface area contributed by atoms with Crippen LogP contribution in [0.2, 0.25) is 0 Å². The second kappa shape index (κ2) is 6.81. The van der Waals surface area contributed by atoms with Crippen LogP contribution in [0.4, 0.5) is 10.1 Å². The Balaban J connectivity index is 1.40. The second-order valence-corrected chi connectivity index (χ2v) is 8.12. The molecule has 5 rings (SSSR count). The van der Waals surface area contributed by atoms with E-state index in [-0.39, 0.29) is 31.5 Å². The van der Waals surface area contributed by atoms with E-state index in [1.54, 1.807) is 24.3 Å². The van der Waals surface area contributed by atoms with Crippen LogP contribution in [0, 0.1) is 5.82 Å². The summed E-state index contributed by atoms with van der Waals surface area (Å²) in [5, 5.41) is 0. The van der Waals surface area contributed by atoms with Gasteiger partial charge in [-0.15, -0.1) is 0 Å². The van der Waals surface area contributed by atoms with Gasteiger partial charge in [-0.1, -0.05) is 12.1 Å². The number of hydrogen-bond donors (Lipinski definition) is 0. The zero-order chi connectivity index (χ0) is 22.8. The van der Waals surface area contributed by atoms with E-state index in [2.05, 4.69) is 0 Å². The van der Waals surface area contributed by atoms with Crippen molar-refractivity contribution in [2.75, 3.05) is 25.0 Å². The summed E-state index contributed by atoms with van der Waals surface area (Å²) < 4.78 is 14.0. The fourth-order valence-corrected chi connectivity index (χ4v) is 4.79. The van der Waals surface area contributed by atoms with E-state index in [1.165, 1.54) is 24.1 Å². The molecule has 0 saturated carbocycles. The third kappa shape index (κ3) is 2.50. The molecule has 0 radical (unpaired) electrons. The lowest BCUT2D eigenvalue weighted by Gasteiger charge is -2.22. The van der Waals surface area contributed by atoms with Crippen LogP contribution in [0.25, 0.3) is 0 Å². The van der Waals surface area contributed by atoms with E-state index < -0.39 is 40.8 Å². The Kier molecular flexibility index (Phi) is 4.27. The first kappa shape index (κ1) is 20.0. The Morgan fingerprint density at radius 2 is 1.50 bits per heavy atom. The first-order chi connectivity index (χ1) is 15.3. The summed E-state index contributed by atoms with van der Waals surface area (Å²) >= 11 is 0. The van der Waals surface area contributed by atoms with Crippen LogP contribution in [-0.4, -0.2) is 59.5 Å². The average Bonchev–Trinajstić information content (AvgIpc) is 3.27. The van der Waals surface area contributed by atoms with E-state index in [4.69, 9.17) is 0 Å². The van der Waals surface area contributed by atoms with Gasteiger partial charge in [-0.05, 0) is 36.8 Å². The molecule has 1 spiro atoms. The Labute approximate surface area is 182 Å². The molecule has 5 amide bonds. The van der Waals surface area contributed by atoms with Crippen LogP contribution in [0.1, 0.15) is 39.1 Å². The van der Waals surface area contributed by atoms with Gasteiger partial charge in [0.2, 0.25) is 17.7 Å². The Morgan fingerprint density at radius 1 is 0.875 bits per heavy atom. The minimum atomic E-state index is -1.77. The average molecular weight is 435 g/mol. The van der Waals surface area contributed by atoms with Crippen LogP contribution < -0.4 is 4.90 Å². The molecule has 2 aromatic carbocycles. The molecular weight excluding hydrogens is 417 g/mol. The lowest BCUT2D eigenvalue weighted by atomic mass is 9.80. The van der Waals surface area contributed by atoms with Crippen molar-refractivity contribution in [2.45, 2.75) is 18.3 Å². The van der Waals surface area contributed by atoms with Crippen molar-refractivity contribution in [3.05, 3.63) is 65.0 Å². The summed E-state index contributed by atoms with van der Waals surface area (Å²) in [6.07, 6.45) is -0.103. The van der Waals surface area contributed by atoms with Crippen LogP contribution in [0.15, 0.2) is 42.5 Å². The maximum absolute atomic E-state index is 14.0. The van der Waals surface area contributed by atoms with Gasteiger partial charge >= 0.3 is 0 Å². The molecule has 3 aliphatic heterocycles. The Morgan fingerprint density at radius 3 is 2.09 bits per heavy atom. The molecule has 0 aromatic heterocycles. The van der Waals surface area contributed by atoms with Crippen molar-refractivity contribution in [2.24, 2.45) is 0 Å². The number of fused-ring (bicyclic) bond motifs is 3. The number of carbonyl (C=O) groups is 5. The molecule has 9 heteroatoms. The number of imide groups is 2. The van der Waals surface area contributed by atoms with Gasteiger partial charge < -0.3 is 4.90 Å². The zero-order valence-electron chi connectivity index (χ0n) is 17.1. The number of anilines is 1. The lowest BCUT2D eigenvalue weighted by Crippen LogP contribution is -2.46. The fourth-order valence-electron chi connectivity index (χ4n) is 4.79. The maximum atomic E-state index is 14.0. The van der Waals surface area contributed by atoms with E-state index in [1.807, 2.05) is 0 Å². The molecule has 1 unspecified atom stereocenters. The van der Waals surface area contributed by atoms with Crippen molar-refractivity contribution in [1.82, 2.24) is 9.80 Å². The summed E-state index contributed by atoms with van der Waals surface area (Å²) in [5.41, 5.74) is -0.555. The number of rotatable bonds is 4. The van der Waals surface area contributed by atoms with Crippen molar-refractivity contribution >= 4 is 35.2 Å². The molecule has 0 aliphatic carbocycles. The number of amides is 5. The molecule has 32 heavy (non-hydrogen) atoms. The molecule has 2 aromatic rings. The smallest absolute Gasteiger partial charge is 0.261 e. The summed E-state index contributed by atoms with van der Waals surface area (Å²) in [4.78, 5) is 67.0. The summed E-state index contributed by atoms with van der Waals surface area (Å²) in [7, 11) is 1.30. The van der Waals surface area contributed by atoms with Crippen LogP contribution in [0.3, 0.4) is 0 Å². The first-order valence-electron chi connectivity index (χ1n) is 10.2. The highest BCUT2D eigenvalue weighted by molar-refractivity contribution is 6.28. The summed E-state index contributed by atoms with van der Waals surface area (Å²) in [6, 6.07) is 10.3. The van der Waals surface area contributed by atoms with Crippen molar-refractivity contribution in [3.63, 3.8) is 0 Å². The molecule has 1 fully saturated rings. The highest BCUT2D eigenvalue weighted by atomic mass is 19.1. The van der Waals surface area contributed by atoms with Gasteiger partial charge in [-0.2, -0.15) is 0 Å². The quantitative estimate of drug-likeness (QED) is 0.536. The maximum Gasteiger partial charge on any atom is 0.261 e. The predicted molar refractivity (Wildman–Crippen MR) is 109 cm³/mol. The van der Waals surface area contributed by atoms with Gasteiger partial charge in [0.25, 0.3) is 11.8 Å². The SMILES string of the molecule is CN1C(=O)CC2(C1=O)C(=O)N(CCCN1C(=O)c3ccccc3C1=O)c1ccc(F)cc12. The van der Waals surface area contributed by atoms with Crippen LogP contribution >= 0.6 is 0 Å². The number of likely N-dealkylation sites (tertiary alicyclic amines) is 1. The Bertz CT molecular complexity index is 1210. The van der Waals surface area contributed by atoms with Gasteiger partial charge in [0.1, 0.15) is 5.82 Å². The van der Waals surface area contributed by atoms with Gasteiger partial charge in [0.05, 0.1) is 17.5 Å². The Hall–Kier alpha value is -3.88. The third-order valence-corrected chi connectivity index (χ3v) is 6.42. The van der Waals surface area contributed by atoms with Crippen molar-refractivity contribution in [3.8, 4) is 0 Å². The van der Waals surface area contributed by atoms with Gasteiger partial charge in [-0.3, -0.25) is 33.8 Å². The number of carbonyl (C=O) groups excluding carboxylic acids is 5.